The van der Waals surface area contributed by atoms with Gasteiger partial charge in [0.15, 0.2) is 0 Å². The van der Waals surface area contributed by atoms with Gasteiger partial charge in [0.25, 0.3) is 0 Å². The molecule has 3 N–H and O–H groups in total. The highest BCUT2D eigenvalue weighted by molar-refractivity contribution is 5.82. The van der Waals surface area contributed by atoms with Gasteiger partial charge in [-0.05, 0) is 74.2 Å². The predicted octanol–water partition coefficient (Wildman–Crippen LogP) is 1.52. The van der Waals surface area contributed by atoms with Crippen LogP contribution in [-0.4, -0.2) is 19.0 Å². The zero-order chi connectivity index (χ0) is 12.3. The molecule has 0 aliphatic heterocycles. The maximum atomic E-state index is 12.3. The summed E-state index contributed by atoms with van der Waals surface area (Å²) >= 11 is 0. The molecule has 0 spiro atoms. The van der Waals surface area contributed by atoms with Crippen LogP contribution in [-0.2, 0) is 4.79 Å². The van der Waals surface area contributed by atoms with E-state index in [1.54, 1.807) is 0 Å². The lowest BCUT2D eigenvalue weighted by atomic mass is 10.0. The van der Waals surface area contributed by atoms with Crippen molar-refractivity contribution in [2.45, 2.75) is 38.5 Å². The molecular weight excluding hydrogens is 224 g/mol. The zero-order valence-electron chi connectivity index (χ0n) is 11.0. The maximum Gasteiger partial charge on any atom is 0.223 e. The van der Waals surface area contributed by atoms with E-state index >= 15 is 0 Å². The Balaban J connectivity index is 1.31. The average Bonchev–Trinajstić information content (AvgIpc) is 3.24. The van der Waals surface area contributed by atoms with E-state index in [0.717, 1.165) is 43.2 Å². The molecular formula is C15H24N2O. The summed E-state index contributed by atoms with van der Waals surface area (Å²) in [5, 5.41) is 3.24. The molecule has 0 aromatic heterocycles. The summed E-state index contributed by atoms with van der Waals surface area (Å²) in [5.74, 6) is 4.10. The fourth-order valence-electron chi connectivity index (χ4n) is 5.07. The van der Waals surface area contributed by atoms with Crippen molar-refractivity contribution in [2.75, 3.05) is 13.1 Å². The second-order valence-electron chi connectivity index (χ2n) is 7.27. The highest BCUT2D eigenvalue weighted by Crippen LogP contribution is 2.69. The lowest BCUT2D eigenvalue weighted by molar-refractivity contribution is -0.123. The number of carbonyl (C=O) groups excluding carboxylic acids is 1. The van der Waals surface area contributed by atoms with E-state index in [2.05, 4.69) is 5.32 Å². The third kappa shape index (κ3) is 1.56. The minimum absolute atomic E-state index is 0.366. The Morgan fingerprint density at radius 3 is 2.44 bits per heavy atom. The normalized spacial score (nSPS) is 45.7. The molecule has 4 fully saturated rings. The SMILES string of the molecule is NCCC1(CNC(=O)C2C3C4CCC(C4)C23)CC1. The molecule has 3 heteroatoms. The molecule has 1 amide bonds. The molecule has 2 bridgehead atoms. The predicted molar refractivity (Wildman–Crippen MR) is 69.6 cm³/mol. The van der Waals surface area contributed by atoms with Crippen LogP contribution in [0.15, 0.2) is 0 Å². The van der Waals surface area contributed by atoms with Crippen molar-refractivity contribution in [3.8, 4) is 0 Å². The summed E-state index contributed by atoms with van der Waals surface area (Å²) in [7, 11) is 0. The number of nitrogens with two attached hydrogens (primary N) is 1. The van der Waals surface area contributed by atoms with Crippen LogP contribution in [0.25, 0.3) is 0 Å². The van der Waals surface area contributed by atoms with Crippen LogP contribution in [0.5, 0.6) is 0 Å². The average molecular weight is 248 g/mol. The van der Waals surface area contributed by atoms with E-state index in [1.165, 1.54) is 32.1 Å². The Bertz CT molecular complexity index is 361. The number of amides is 1. The monoisotopic (exact) mass is 248 g/mol. The van der Waals surface area contributed by atoms with Crippen LogP contribution in [0.4, 0.5) is 0 Å². The van der Waals surface area contributed by atoms with Gasteiger partial charge in [0, 0.05) is 12.5 Å². The summed E-state index contributed by atoms with van der Waals surface area (Å²) in [5.41, 5.74) is 6.02. The lowest BCUT2D eigenvalue weighted by Crippen LogP contribution is -2.33. The van der Waals surface area contributed by atoms with Gasteiger partial charge in [-0.1, -0.05) is 0 Å². The number of nitrogens with one attached hydrogen (secondary N) is 1. The van der Waals surface area contributed by atoms with Crippen molar-refractivity contribution in [1.82, 2.24) is 5.32 Å². The molecule has 0 aromatic rings. The third-order valence-corrected chi connectivity index (χ3v) is 6.31. The summed E-state index contributed by atoms with van der Waals surface area (Å²) in [6.07, 6.45) is 7.81. The standard InChI is InChI=1S/C15H24N2O/c16-6-5-15(3-4-15)8-17-14(18)13-11-9-1-2-10(7-9)12(11)13/h9-13H,1-8,16H2,(H,17,18). The number of hydrogen-bond donors (Lipinski definition) is 2. The molecule has 0 saturated heterocycles. The molecule has 0 aromatic carbocycles. The summed E-state index contributed by atoms with van der Waals surface area (Å²) < 4.78 is 0. The number of hydrogen-bond acceptors (Lipinski definition) is 2. The van der Waals surface area contributed by atoms with Crippen LogP contribution < -0.4 is 11.1 Å². The molecule has 4 unspecified atom stereocenters. The first-order valence-electron chi connectivity index (χ1n) is 7.72. The summed E-state index contributed by atoms with van der Waals surface area (Å²) in [4.78, 5) is 12.3. The first-order chi connectivity index (χ1) is 8.74. The fraction of sp³-hybridized carbons (Fsp3) is 0.933. The summed E-state index contributed by atoms with van der Waals surface area (Å²) in [6.45, 7) is 1.64. The van der Waals surface area contributed by atoms with Gasteiger partial charge < -0.3 is 11.1 Å². The molecule has 4 aliphatic rings. The van der Waals surface area contributed by atoms with Gasteiger partial charge in [-0.15, -0.1) is 0 Å². The van der Waals surface area contributed by atoms with Crippen molar-refractivity contribution < 1.29 is 4.79 Å². The molecule has 18 heavy (non-hydrogen) atoms. The first-order valence-corrected chi connectivity index (χ1v) is 7.72. The Morgan fingerprint density at radius 2 is 1.89 bits per heavy atom. The van der Waals surface area contributed by atoms with Gasteiger partial charge in [0.2, 0.25) is 5.91 Å². The van der Waals surface area contributed by atoms with Crippen molar-refractivity contribution in [2.24, 2.45) is 40.7 Å². The van der Waals surface area contributed by atoms with Crippen molar-refractivity contribution in [1.29, 1.82) is 0 Å². The second kappa shape index (κ2) is 3.72. The second-order valence-corrected chi connectivity index (χ2v) is 7.27. The van der Waals surface area contributed by atoms with E-state index < -0.39 is 0 Å². The lowest BCUT2D eigenvalue weighted by Gasteiger charge is -2.16. The topological polar surface area (TPSA) is 55.1 Å². The Kier molecular flexibility index (Phi) is 2.33. The highest BCUT2D eigenvalue weighted by atomic mass is 16.2. The van der Waals surface area contributed by atoms with E-state index in [4.69, 9.17) is 5.73 Å². The van der Waals surface area contributed by atoms with Gasteiger partial charge in [-0.3, -0.25) is 4.79 Å². The van der Waals surface area contributed by atoms with E-state index in [0.29, 0.717) is 17.2 Å². The Hall–Kier alpha value is -0.570. The molecule has 4 saturated carbocycles. The van der Waals surface area contributed by atoms with Crippen molar-refractivity contribution in [3.05, 3.63) is 0 Å². The minimum atomic E-state index is 0.366. The molecule has 3 nitrogen and oxygen atoms in total. The molecule has 4 rings (SSSR count). The van der Waals surface area contributed by atoms with Crippen LogP contribution in [0.2, 0.25) is 0 Å². The summed E-state index contributed by atoms with van der Waals surface area (Å²) in [6, 6.07) is 0. The fourth-order valence-corrected chi connectivity index (χ4v) is 5.07. The van der Waals surface area contributed by atoms with Crippen LogP contribution >= 0.6 is 0 Å². The van der Waals surface area contributed by atoms with Crippen LogP contribution in [0.3, 0.4) is 0 Å². The number of rotatable bonds is 5. The Morgan fingerprint density at radius 1 is 1.22 bits per heavy atom. The van der Waals surface area contributed by atoms with Gasteiger partial charge in [-0.2, -0.15) is 0 Å². The van der Waals surface area contributed by atoms with Crippen LogP contribution in [0.1, 0.15) is 38.5 Å². The number of fused-ring (bicyclic) bond motifs is 5. The van der Waals surface area contributed by atoms with E-state index in [9.17, 15) is 4.79 Å². The van der Waals surface area contributed by atoms with Crippen LogP contribution in [0, 0.1) is 35.0 Å². The van der Waals surface area contributed by atoms with Crippen molar-refractivity contribution in [3.63, 3.8) is 0 Å². The smallest absolute Gasteiger partial charge is 0.223 e. The number of carbonyl (C=O) groups is 1. The van der Waals surface area contributed by atoms with Gasteiger partial charge in [0.05, 0.1) is 0 Å². The molecule has 100 valence electrons. The highest BCUT2D eigenvalue weighted by Gasteiger charge is 2.67. The minimum Gasteiger partial charge on any atom is -0.355 e. The molecule has 4 atom stereocenters. The van der Waals surface area contributed by atoms with Gasteiger partial charge in [-0.25, -0.2) is 0 Å². The molecule has 0 heterocycles. The Labute approximate surface area is 109 Å². The molecule has 4 aliphatic carbocycles. The van der Waals surface area contributed by atoms with E-state index in [1.807, 2.05) is 0 Å². The molecule has 0 radical (unpaired) electrons. The largest absolute Gasteiger partial charge is 0.355 e. The maximum absolute atomic E-state index is 12.3. The van der Waals surface area contributed by atoms with E-state index in [-0.39, 0.29) is 0 Å². The third-order valence-electron chi connectivity index (χ3n) is 6.31. The first kappa shape index (κ1) is 11.3. The zero-order valence-corrected chi connectivity index (χ0v) is 11.0. The van der Waals surface area contributed by atoms with Gasteiger partial charge in [0.1, 0.15) is 0 Å². The quantitative estimate of drug-likeness (QED) is 0.775. The van der Waals surface area contributed by atoms with Crippen molar-refractivity contribution >= 4 is 5.91 Å². The van der Waals surface area contributed by atoms with Gasteiger partial charge >= 0.3 is 0 Å².